The van der Waals surface area contributed by atoms with E-state index in [9.17, 15) is 0 Å². The summed E-state index contributed by atoms with van der Waals surface area (Å²) in [4.78, 5) is 2.41. The predicted octanol–water partition coefficient (Wildman–Crippen LogP) is 3.85. The molecule has 0 heterocycles. The van der Waals surface area contributed by atoms with Crippen LogP contribution in [0, 0.1) is 0 Å². The number of rotatable bonds is 7. The van der Waals surface area contributed by atoms with E-state index >= 15 is 0 Å². The zero-order valence-electron chi connectivity index (χ0n) is 11.7. The molecule has 0 aliphatic carbocycles. The predicted molar refractivity (Wildman–Crippen MR) is 80.0 cm³/mol. The van der Waals surface area contributed by atoms with Gasteiger partial charge in [-0.15, -0.1) is 0 Å². The van der Waals surface area contributed by atoms with E-state index in [4.69, 9.17) is 17.3 Å². The molecule has 1 atom stereocenters. The maximum Gasteiger partial charge on any atom is 0.0409 e. The van der Waals surface area contributed by atoms with Crippen LogP contribution in [0.4, 0.5) is 0 Å². The van der Waals surface area contributed by atoms with Gasteiger partial charge in [0.15, 0.2) is 0 Å². The van der Waals surface area contributed by atoms with Crippen LogP contribution in [-0.4, -0.2) is 24.5 Å². The van der Waals surface area contributed by atoms with Crippen molar-refractivity contribution in [2.45, 2.75) is 45.2 Å². The fraction of sp³-hybridized carbons (Fsp3) is 0.600. The minimum atomic E-state index is 0.0699. The van der Waals surface area contributed by atoms with E-state index in [0.29, 0.717) is 6.04 Å². The van der Waals surface area contributed by atoms with Gasteiger partial charge in [0.25, 0.3) is 0 Å². The maximum atomic E-state index is 6.21. The molecule has 1 unspecified atom stereocenters. The summed E-state index contributed by atoms with van der Waals surface area (Å²) in [7, 11) is 2.18. The van der Waals surface area contributed by atoms with Gasteiger partial charge in [-0.3, -0.25) is 0 Å². The molecule has 0 bridgehead atoms. The zero-order chi connectivity index (χ0) is 13.5. The highest BCUT2D eigenvalue weighted by Crippen LogP contribution is 2.19. The molecule has 18 heavy (non-hydrogen) atoms. The van der Waals surface area contributed by atoms with Crippen LogP contribution in [0.2, 0.25) is 5.02 Å². The standard InChI is InChI=1S/C15H25ClN2/c1-4-14(5-2)18(3)10-9-15(17)12-7-6-8-13(16)11-12/h6-8,11,14-15H,4-5,9-10,17H2,1-3H3. The lowest BCUT2D eigenvalue weighted by Crippen LogP contribution is -2.33. The third-order valence-electron chi connectivity index (χ3n) is 3.64. The van der Waals surface area contributed by atoms with Gasteiger partial charge >= 0.3 is 0 Å². The first kappa shape index (κ1) is 15.5. The summed E-state index contributed by atoms with van der Waals surface area (Å²) in [5, 5.41) is 0.760. The van der Waals surface area contributed by atoms with Crippen LogP contribution in [0.1, 0.15) is 44.7 Å². The average molecular weight is 269 g/mol. The number of nitrogens with two attached hydrogens (primary N) is 1. The summed E-state index contributed by atoms with van der Waals surface area (Å²) >= 11 is 5.98. The van der Waals surface area contributed by atoms with Crippen LogP contribution < -0.4 is 5.73 Å². The molecular weight excluding hydrogens is 244 g/mol. The molecule has 1 aromatic rings. The first-order valence-electron chi connectivity index (χ1n) is 6.79. The van der Waals surface area contributed by atoms with E-state index in [1.807, 2.05) is 24.3 Å². The lowest BCUT2D eigenvalue weighted by atomic mass is 10.0. The second-order valence-corrected chi connectivity index (χ2v) is 5.34. The van der Waals surface area contributed by atoms with Crippen molar-refractivity contribution in [1.29, 1.82) is 0 Å². The van der Waals surface area contributed by atoms with Crippen molar-refractivity contribution in [1.82, 2.24) is 4.90 Å². The summed E-state index contributed by atoms with van der Waals surface area (Å²) < 4.78 is 0. The van der Waals surface area contributed by atoms with E-state index < -0.39 is 0 Å². The molecule has 1 aromatic carbocycles. The van der Waals surface area contributed by atoms with E-state index in [-0.39, 0.29) is 6.04 Å². The fourth-order valence-corrected chi connectivity index (χ4v) is 2.54. The molecule has 0 aromatic heterocycles. The van der Waals surface area contributed by atoms with Crippen LogP contribution in [0.3, 0.4) is 0 Å². The van der Waals surface area contributed by atoms with Crippen molar-refractivity contribution >= 4 is 11.6 Å². The third kappa shape index (κ3) is 4.60. The highest BCUT2D eigenvalue weighted by Gasteiger charge is 2.12. The number of nitrogens with zero attached hydrogens (tertiary/aromatic N) is 1. The Labute approximate surface area is 116 Å². The summed E-state index contributed by atoms with van der Waals surface area (Å²) in [5.74, 6) is 0. The minimum Gasteiger partial charge on any atom is -0.324 e. The number of halogens is 1. The second-order valence-electron chi connectivity index (χ2n) is 4.90. The SMILES string of the molecule is CCC(CC)N(C)CCC(N)c1cccc(Cl)c1. The van der Waals surface area contributed by atoms with Crippen LogP contribution in [0.5, 0.6) is 0 Å². The average Bonchev–Trinajstić information content (AvgIpc) is 2.37. The molecule has 0 radical (unpaired) electrons. The van der Waals surface area contributed by atoms with Gasteiger partial charge in [0.1, 0.15) is 0 Å². The van der Waals surface area contributed by atoms with Gasteiger partial charge in [-0.05, 0) is 50.6 Å². The first-order valence-corrected chi connectivity index (χ1v) is 7.17. The molecule has 0 saturated carbocycles. The Kier molecular flexibility index (Phi) is 6.69. The van der Waals surface area contributed by atoms with E-state index in [0.717, 1.165) is 23.6 Å². The van der Waals surface area contributed by atoms with Gasteiger partial charge in [0, 0.05) is 17.1 Å². The molecule has 0 aliphatic rings. The Morgan fingerprint density at radius 2 is 1.94 bits per heavy atom. The maximum absolute atomic E-state index is 6.21. The molecule has 0 spiro atoms. The molecule has 0 fully saturated rings. The Morgan fingerprint density at radius 1 is 1.28 bits per heavy atom. The van der Waals surface area contributed by atoms with Crippen molar-refractivity contribution in [3.63, 3.8) is 0 Å². The number of benzene rings is 1. The quantitative estimate of drug-likeness (QED) is 0.814. The Hall–Kier alpha value is -0.570. The Bertz CT molecular complexity index is 350. The van der Waals surface area contributed by atoms with Gasteiger partial charge in [0.2, 0.25) is 0 Å². The summed E-state index contributed by atoms with van der Waals surface area (Å²) in [6, 6.07) is 8.59. The molecule has 2 nitrogen and oxygen atoms in total. The molecule has 0 aliphatic heterocycles. The van der Waals surface area contributed by atoms with Gasteiger partial charge < -0.3 is 10.6 Å². The molecule has 2 N–H and O–H groups in total. The lowest BCUT2D eigenvalue weighted by Gasteiger charge is -2.27. The number of hydrogen-bond acceptors (Lipinski definition) is 2. The van der Waals surface area contributed by atoms with Crippen molar-refractivity contribution in [3.05, 3.63) is 34.9 Å². The summed E-state index contributed by atoms with van der Waals surface area (Å²) in [5.41, 5.74) is 7.34. The van der Waals surface area contributed by atoms with Crippen LogP contribution >= 0.6 is 11.6 Å². The second kappa shape index (κ2) is 7.78. The minimum absolute atomic E-state index is 0.0699. The smallest absolute Gasteiger partial charge is 0.0409 e. The van der Waals surface area contributed by atoms with Crippen molar-refractivity contribution in [3.8, 4) is 0 Å². The monoisotopic (exact) mass is 268 g/mol. The number of hydrogen-bond donors (Lipinski definition) is 1. The topological polar surface area (TPSA) is 29.3 Å². The lowest BCUT2D eigenvalue weighted by molar-refractivity contribution is 0.222. The van der Waals surface area contributed by atoms with Crippen LogP contribution in [0.25, 0.3) is 0 Å². The van der Waals surface area contributed by atoms with E-state index in [1.54, 1.807) is 0 Å². The van der Waals surface area contributed by atoms with Gasteiger partial charge in [-0.25, -0.2) is 0 Å². The Balaban J connectivity index is 2.48. The Morgan fingerprint density at radius 3 is 2.50 bits per heavy atom. The van der Waals surface area contributed by atoms with Crippen LogP contribution in [-0.2, 0) is 0 Å². The molecule has 0 saturated heterocycles. The summed E-state index contributed by atoms with van der Waals surface area (Å²) in [6.45, 7) is 5.50. The van der Waals surface area contributed by atoms with Gasteiger partial charge in [-0.2, -0.15) is 0 Å². The summed E-state index contributed by atoms with van der Waals surface area (Å²) in [6.07, 6.45) is 3.35. The molecule has 102 valence electrons. The van der Waals surface area contributed by atoms with Crippen molar-refractivity contribution in [2.24, 2.45) is 5.73 Å². The van der Waals surface area contributed by atoms with E-state index in [2.05, 4.69) is 25.8 Å². The van der Waals surface area contributed by atoms with Gasteiger partial charge in [0.05, 0.1) is 0 Å². The fourth-order valence-electron chi connectivity index (χ4n) is 2.34. The molecular formula is C15H25ClN2. The largest absolute Gasteiger partial charge is 0.324 e. The van der Waals surface area contributed by atoms with Gasteiger partial charge in [-0.1, -0.05) is 37.6 Å². The molecule has 3 heteroatoms. The normalized spacial score (nSPS) is 13.3. The van der Waals surface area contributed by atoms with Crippen molar-refractivity contribution in [2.75, 3.05) is 13.6 Å². The molecule has 0 amide bonds. The van der Waals surface area contributed by atoms with Crippen molar-refractivity contribution < 1.29 is 0 Å². The van der Waals surface area contributed by atoms with Crippen LogP contribution in [0.15, 0.2) is 24.3 Å². The first-order chi connectivity index (χ1) is 8.58. The highest BCUT2D eigenvalue weighted by molar-refractivity contribution is 6.30. The highest BCUT2D eigenvalue weighted by atomic mass is 35.5. The molecule has 1 rings (SSSR count). The zero-order valence-corrected chi connectivity index (χ0v) is 12.5. The third-order valence-corrected chi connectivity index (χ3v) is 3.87. The van der Waals surface area contributed by atoms with E-state index in [1.165, 1.54) is 12.8 Å².